The minimum Gasteiger partial charge on any atom is -0.496 e. The molecule has 10 heteroatoms. The van der Waals surface area contributed by atoms with Crippen LogP contribution in [0.1, 0.15) is 15.9 Å². The van der Waals surface area contributed by atoms with Crippen molar-refractivity contribution in [1.29, 1.82) is 0 Å². The molecule has 2 aromatic rings. The van der Waals surface area contributed by atoms with Gasteiger partial charge in [0.25, 0.3) is 11.8 Å². The molecule has 4 rings (SSSR count). The van der Waals surface area contributed by atoms with E-state index in [0.29, 0.717) is 16.9 Å². The summed E-state index contributed by atoms with van der Waals surface area (Å²) in [6, 6.07) is 7.88. The number of rotatable bonds is 5. The quantitative estimate of drug-likeness (QED) is 0.551. The third kappa shape index (κ3) is 3.15. The van der Waals surface area contributed by atoms with Crippen LogP contribution in [0.25, 0.3) is 0 Å². The van der Waals surface area contributed by atoms with E-state index in [0.717, 1.165) is 4.90 Å². The van der Waals surface area contributed by atoms with Gasteiger partial charge in [-0.15, -0.1) is 0 Å². The molecule has 0 saturated carbocycles. The van der Waals surface area contributed by atoms with Gasteiger partial charge in [-0.3, -0.25) is 14.6 Å². The molecule has 2 aromatic carbocycles. The Hall–Kier alpha value is -3.82. The van der Waals surface area contributed by atoms with E-state index in [2.05, 4.69) is 10.3 Å². The van der Waals surface area contributed by atoms with E-state index in [-0.39, 0.29) is 12.2 Å². The molecule has 154 valence electrons. The summed E-state index contributed by atoms with van der Waals surface area (Å²) >= 11 is 0. The average Bonchev–Trinajstić information content (AvgIpc) is 3.28. The Morgan fingerprint density at radius 3 is 2.50 bits per heavy atom. The van der Waals surface area contributed by atoms with E-state index in [4.69, 9.17) is 9.47 Å². The molecule has 9 nitrogen and oxygen atoms in total. The van der Waals surface area contributed by atoms with Gasteiger partial charge >= 0.3 is 5.97 Å². The lowest BCUT2D eigenvalue weighted by molar-refractivity contribution is -0.123. The Labute approximate surface area is 170 Å². The first-order chi connectivity index (χ1) is 14.4. The number of anilines is 1. The van der Waals surface area contributed by atoms with Crippen molar-refractivity contribution in [3.8, 4) is 5.75 Å². The number of hydrogen-bond donors (Lipinski definition) is 0. The molecule has 0 aromatic heterocycles. The number of esters is 1. The molecule has 0 aliphatic carbocycles. The molecule has 2 aliphatic rings. The average molecular weight is 412 g/mol. The first kappa shape index (κ1) is 19.5. The minimum atomic E-state index is -0.989. The zero-order valence-corrected chi connectivity index (χ0v) is 16.1. The van der Waals surface area contributed by atoms with Gasteiger partial charge in [0, 0.05) is 5.56 Å². The topological polar surface area (TPSA) is 101 Å². The summed E-state index contributed by atoms with van der Waals surface area (Å²) in [7, 11) is 2.75. The van der Waals surface area contributed by atoms with Crippen LogP contribution in [-0.4, -0.2) is 49.1 Å². The molecule has 2 atom stereocenters. The standard InChI is InChI=1S/C20H17FN4O5/c1-29-15-8-3-11(20(28)30-2)9-12(15)10-24-17-16(22-23-24)18(26)25(19(17)27)14-6-4-13(21)5-7-14/h3-9,16-17H,10H2,1-2H3. The van der Waals surface area contributed by atoms with Gasteiger partial charge in [0.1, 0.15) is 11.6 Å². The van der Waals surface area contributed by atoms with Crippen molar-refractivity contribution in [3.63, 3.8) is 0 Å². The van der Waals surface area contributed by atoms with E-state index in [1.807, 2.05) is 0 Å². The van der Waals surface area contributed by atoms with Crippen molar-refractivity contribution in [2.45, 2.75) is 18.6 Å². The predicted octanol–water partition coefficient (Wildman–Crippen LogP) is 2.11. The zero-order valence-electron chi connectivity index (χ0n) is 16.1. The number of nitrogens with zero attached hydrogens (tertiary/aromatic N) is 4. The third-order valence-corrected chi connectivity index (χ3v) is 4.98. The smallest absolute Gasteiger partial charge is 0.337 e. The molecule has 0 bridgehead atoms. The lowest BCUT2D eigenvalue weighted by Crippen LogP contribution is -2.39. The van der Waals surface area contributed by atoms with Crippen LogP contribution in [0.15, 0.2) is 52.8 Å². The van der Waals surface area contributed by atoms with Gasteiger partial charge in [-0.2, -0.15) is 5.11 Å². The maximum Gasteiger partial charge on any atom is 0.337 e. The van der Waals surface area contributed by atoms with E-state index in [1.54, 1.807) is 18.2 Å². The second kappa shape index (κ2) is 7.54. The number of methoxy groups -OCH3 is 2. The van der Waals surface area contributed by atoms with Crippen molar-refractivity contribution in [1.82, 2.24) is 5.01 Å². The molecule has 0 radical (unpaired) electrons. The summed E-state index contributed by atoms with van der Waals surface area (Å²) in [4.78, 5) is 38.6. The zero-order chi connectivity index (χ0) is 21.4. The number of hydrogen-bond acceptors (Lipinski definition) is 8. The second-order valence-electron chi connectivity index (χ2n) is 6.70. The van der Waals surface area contributed by atoms with Crippen LogP contribution in [0.3, 0.4) is 0 Å². The van der Waals surface area contributed by atoms with Crippen LogP contribution < -0.4 is 9.64 Å². The number of carbonyl (C=O) groups excluding carboxylic acids is 3. The second-order valence-corrected chi connectivity index (χ2v) is 6.70. The van der Waals surface area contributed by atoms with Gasteiger partial charge in [-0.1, -0.05) is 5.22 Å². The molecule has 1 fully saturated rings. The number of ether oxygens (including phenoxy) is 2. The predicted molar refractivity (Wildman–Crippen MR) is 101 cm³/mol. The largest absolute Gasteiger partial charge is 0.496 e. The Morgan fingerprint density at radius 1 is 1.10 bits per heavy atom. The highest BCUT2D eigenvalue weighted by Crippen LogP contribution is 2.34. The molecule has 2 heterocycles. The van der Waals surface area contributed by atoms with Crippen LogP contribution in [0.2, 0.25) is 0 Å². The molecule has 30 heavy (non-hydrogen) atoms. The monoisotopic (exact) mass is 412 g/mol. The number of carbonyl (C=O) groups is 3. The van der Waals surface area contributed by atoms with E-state index >= 15 is 0 Å². The normalized spacial score (nSPS) is 20.0. The van der Waals surface area contributed by atoms with Crippen molar-refractivity contribution in [2.24, 2.45) is 10.3 Å². The molecule has 2 unspecified atom stereocenters. The van der Waals surface area contributed by atoms with Crippen molar-refractivity contribution in [2.75, 3.05) is 19.1 Å². The summed E-state index contributed by atoms with van der Waals surface area (Å²) < 4.78 is 23.3. The van der Waals surface area contributed by atoms with Crippen molar-refractivity contribution < 1.29 is 28.2 Å². The molecular weight excluding hydrogens is 395 g/mol. The minimum absolute atomic E-state index is 0.0783. The van der Waals surface area contributed by atoms with Crippen LogP contribution >= 0.6 is 0 Å². The maximum absolute atomic E-state index is 13.2. The summed E-state index contributed by atoms with van der Waals surface area (Å²) in [5.74, 6) is -1.55. The van der Waals surface area contributed by atoms with E-state index < -0.39 is 35.7 Å². The number of fused-ring (bicyclic) bond motifs is 1. The molecule has 0 N–H and O–H groups in total. The summed E-state index contributed by atoms with van der Waals surface area (Å²) in [5, 5.41) is 9.33. The van der Waals surface area contributed by atoms with Crippen LogP contribution in [0.4, 0.5) is 10.1 Å². The van der Waals surface area contributed by atoms with Gasteiger partial charge in [0.15, 0.2) is 12.1 Å². The van der Waals surface area contributed by atoms with Gasteiger partial charge < -0.3 is 9.47 Å². The molecule has 1 saturated heterocycles. The molecule has 0 spiro atoms. The Morgan fingerprint density at radius 2 is 1.83 bits per heavy atom. The van der Waals surface area contributed by atoms with Crippen molar-refractivity contribution in [3.05, 3.63) is 59.4 Å². The molecule has 2 amide bonds. The van der Waals surface area contributed by atoms with Crippen LogP contribution in [-0.2, 0) is 20.9 Å². The fraction of sp³-hybridized carbons (Fsp3) is 0.250. The highest BCUT2D eigenvalue weighted by atomic mass is 19.1. The third-order valence-electron chi connectivity index (χ3n) is 4.98. The lowest BCUT2D eigenvalue weighted by atomic mass is 10.1. The fourth-order valence-electron chi connectivity index (χ4n) is 3.52. The highest BCUT2D eigenvalue weighted by Gasteiger charge is 2.54. The van der Waals surface area contributed by atoms with Crippen LogP contribution in [0.5, 0.6) is 5.75 Å². The first-order valence-electron chi connectivity index (χ1n) is 9.00. The Kier molecular flexibility index (Phi) is 4.90. The van der Waals surface area contributed by atoms with Gasteiger partial charge in [-0.25, -0.2) is 14.1 Å². The summed E-state index contributed by atoms with van der Waals surface area (Å²) in [6.45, 7) is 0.0783. The van der Waals surface area contributed by atoms with Crippen LogP contribution in [0, 0.1) is 5.82 Å². The lowest BCUT2D eigenvalue weighted by Gasteiger charge is -2.21. The first-order valence-corrected chi connectivity index (χ1v) is 9.00. The number of amides is 2. The summed E-state index contributed by atoms with van der Waals surface area (Å²) in [5.41, 5.74) is 1.14. The SMILES string of the molecule is COC(=O)c1ccc(OC)c(CN2N=NC3C(=O)N(c4ccc(F)cc4)C(=O)C32)c1. The Balaban J connectivity index is 1.62. The fourth-order valence-corrected chi connectivity index (χ4v) is 3.52. The number of halogens is 1. The van der Waals surface area contributed by atoms with Crippen molar-refractivity contribution >= 4 is 23.5 Å². The van der Waals surface area contributed by atoms with E-state index in [9.17, 15) is 18.8 Å². The number of benzene rings is 2. The van der Waals surface area contributed by atoms with Gasteiger partial charge in [-0.05, 0) is 42.5 Å². The van der Waals surface area contributed by atoms with Gasteiger partial charge in [0.05, 0.1) is 32.0 Å². The highest BCUT2D eigenvalue weighted by molar-refractivity contribution is 6.25. The Bertz CT molecular complexity index is 1060. The number of imide groups is 1. The maximum atomic E-state index is 13.2. The van der Waals surface area contributed by atoms with Gasteiger partial charge in [0.2, 0.25) is 0 Å². The summed E-state index contributed by atoms with van der Waals surface area (Å²) in [6.07, 6.45) is 0. The molecule has 2 aliphatic heterocycles. The van der Waals surface area contributed by atoms with E-state index in [1.165, 1.54) is 43.5 Å². The molecular formula is C20H17FN4O5.